The highest BCUT2D eigenvalue weighted by Crippen LogP contribution is 2.18. The SMILES string of the molecule is CCOc1ccc(Nc2nc(C)cc(C(=O)NCC(C)C)n2)cc1. The minimum atomic E-state index is -0.191. The van der Waals surface area contributed by atoms with Crippen LogP contribution in [0.25, 0.3) is 0 Å². The Kier molecular flexibility index (Phi) is 6.12. The molecule has 0 bridgehead atoms. The molecule has 0 aliphatic carbocycles. The number of aryl methyl sites for hydroxylation is 1. The fraction of sp³-hybridized carbons (Fsp3) is 0.389. The molecule has 2 N–H and O–H groups in total. The third kappa shape index (κ3) is 5.22. The summed E-state index contributed by atoms with van der Waals surface area (Å²) in [4.78, 5) is 20.8. The van der Waals surface area contributed by atoms with Gasteiger partial charge in [-0.1, -0.05) is 13.8 Å². The lowest BCUT2D eigenvalue weighted by molar-refractivity contribution is 0.0944. The maximum Gasteiger partial charge on any atom is 0.270 e. The third-order valence-electron chi connectivity index (χ3n) is 3.18. The number of hydrogen-bond donors (Lipinski definition) is 2. The second-order valence-corrected chi connectivity index (χ2v) is 5.90. The summed E-state index contributed by atoms with van der Waals surface area (Å²) >= 11 is 0. The standard InChI is InChI=1S/C18H24N4O2/c1-5-24-15-8-6-14(7-9-15)21-18-20-13(4)10-16(22-18)17(23)19-11-12(2)3/h6-10,12H,5,11H2,1-4H3,(H,19,23)(H,20,21,22). The van der Waals surface area contributed by atoms with Crippen LogP contribution in [-0.4, -0.2) is 29.0 Å². The van der Waals surface area contributed by atoms with Gasteiger partial charge >= 0.3 is 0 Å². The van der Waals surface area contributed by atoms with Crippen LogP contribution in [0.15, 0.2) is 30.3 Å². The Morgan fingerprint density at radius 3 is 2.54 bits per heavy atom. The van der Waals surface area contributed by atoms with E-state index in [1.54, 1.807) is 6.07 Å². The Morgan fingerprint density at radius 2 is 1.92 bits per heavy atom. The fourth-order valence-electron chi connectivity index (χ4n) is 2.06. The monoisotopic (exact) mass is 328 g/mol. The first kappa shape index (κ1) is 17.7. The molecule has 128 valence electrons. The lowest BCUT2D eigenvalue weighted by Gasteiger charge is -2.10. The van der Waals surface area contributed by atoms with Crippen LogP contribution in [0.4, 0.5) is 11.6 Å². The van der Waals surface area contributed by atoms with E-state index in [4.69, 9.17) is 4.74 Å². The highest BCUT2D eigenvalue weighted by atomic mass is 16.5. The molecule has 1 amide bonds. The van der Waals surface area contributed by atoms with Crippen molar-refractivity contribution in [2.24, 2.45) is 5.92 Å². The second-order valence-electron chi connectivity index (χ2n) is 5.90. The molecule has 0 radical (unpaired) electrons. The average Bonchev–Trinajstić information content (AvgIpc) is 2.54. The lowest BCUT2D eigenvalue weighted by Crippen LogP contribution is -2.28. The number of anilines is 2. The first-order valence-electron chi connectivity index (χ1n) is 8.11. The van der Waals surface area contributed by atoms with Crippen LogP contribution in [0.2, 0.25) is 0 Å². The van der Waals surface area contributed by atoms with E-state index in [9.17, 15) is 4.79 Å². The molecule has 0 fully saturated rings. The van der Waals surface area contributed by atoms with Crippen LogP contribution in [0.5, 0.6) is 5.75 Å². The van der Waals surface area contributed by atoms with Gasteiger partial charge in [-0.2, -0.15) is 0 Å². The minimum Gasteiger partial charge on any atom is -0.494 e. The van der Waals surface area contributed by atoms with Gasteiger partial charge in [0.25, 0.3) is 5.91 Å². The number of hydrogen-bond acceptors (Lipinski definition) is 5. The second kappa shape index (κ2) is 8.29. The molecule has 0 saturated carbocycles. The van der Waals surface area contributed by atoms with E-state index in [0.29, 0.717) is 30.7 Å². The Balaban J connectivity index is 2.11. The Hall–Kier alpha value is -2.63. The van der Waals surface area contributed by atoms with E-state index < -0.39 is 0 Å². The van der Waals surface area contributed by atoms with Gasteiger partial charge in [-0.25, -0.2) is 9.97 Å². The molecule has 0 aliphatic heterocycles. The molecule has 2 aromatic rings. The maximum atomic E-state index is 12.2. The predicted octanol–water partition coefficient (Wildman–Crippen LogP) is 3.31. The summed E-state index contributed by atoms with van der Waals surface area (Å²) in [5.41, 5.74) is 1.92. The van der Waals surface area contributed by atoms with Crippen molar-refractivity contribution in [2.75, 3.05) is 18.5 Å². The van der Waals surface area contributed by atoms with Crippen LogP contribution in [-0.2, 0) is 0 Å². The van der Waals surface area contributed by atoms with Crippen molar-refractivity contribution >= 4 is 17.5 Å². The van der Waals surface area contributed by atoms with E-state index in [1.807, 2.05) is 52.0 Å². The van der Waals surface area contributed by atoms with Crippen molar-refractivity contribution in [1.29, 1.82) is 0 Å². The Labute approximate surface area is 142 Å². The molecule has 0 atom stereocenters. The van der Waals surface area contributed by atoms with Gasteiger partial charge in [0.15, 0.2) is 0 Å². The number of rotatable bonds is 7. The minimum absolute atomic E-state index is 0.191. The Morgan fingerprint density at radius 1 is 1.21 bits per heavy atom. The normalized spacial score (nSPS) is 10.5. The quantitative estimate of drug-likeness (QED) is 0.815. The molecular formula is C18H24N4O2. The van der Waals surface area contributed by atoms with Gasteiger partial charge in [0.1, 0.15) is 11.4 Å². The predicted molar refractivity (Wildman–Crippen MR) is 94.8 cm³/mol. The number of nitrogens with one attached hydrogen (secondary N) is 2. The van der Waals surface area contributed by atoms with Crippen molar-refractivity contribution < 1.29 is 9.53 Å². The topological polar surface area (TPSA) is 76.1 Å². The summed E-state index contributed by atoms with van der Waals surface area (Å²) in [5, 5.41) is 5.98. The summed E-state index contributed by atoms with van der Waals surface area (Å²) in [5.74, 6) is 1.40. The van der Waals surface area contributed by atoms with Crippen LogP contribution in [0.3, 0.4) is 0 Å². The first-order chi connectivity index (χ1) is 11.5. The largest absolute Gasteiger partial charge is 0.494 e. The third-order valence-corrected chi connectivity index (χ3v) is 3.18. The van der Waals surface area contributed by atoms with Gasteiger partial charge in [-0.3, -0.25) is 4.79 Å². The van der Waals surface area contributed by atoms with Crippen molar-refractivity contribution in [3.8, 4) is 5.75 Å². The van der Waals surface area contributed by atoms with Crippen LogP contribution in [0, 0.1) is 12.8 Å². The molecule has 1 aromatic heterocycles. The van der Waals surface area contributed by atoms with Crippen molar-refractivity contribution in [3.63, 3.8) is 0 Å². The summed E-state index contributed by atoms with van der Waals surface area (Å²) in [6.45, 7) is 9.11. The average molecular weight is 328 g/mol. The number of benzene rings is 1. The maximum absolute atomic E-state index is 12.2. The molecule has 1 heterocycles. The molecule has 2 rings (SSSR count). The van der Waals surface area contributed by atoms with Gasteiger partial charge in [0.2, 0.25) is 5.95 Å². The van der Waals surface area contributed by atoms with Gasteiger partial charge in [-0.15, -0.1) is 0 Å². The lowest BCUT2D eigenvalue weighted by atomic mass is 10.2. The number of carbonyl (C=O) groups excluding carboxylic acids is 1. The van der Waals surface area contributed by atoms with Crippen LogP contribution < -0.4 is 15.4 Å². The van der Waals surface area contributed by atoms with Crippen LogP contribution >= 0.6 is 0 Å². The van der Waals surface area contributed by atoms with E-state index in [1.165, 1.54) is 0 Å². The van der Waals surface area contributed by atoms with Gasteiger partial charge in [0, 0.05) is 17.9 Å². The summed E-state index contributed by atoms with van der Waals surface area (Å²) in [6.07, 6.45) is 0. The number of nitrogens with zero attached hydrogens (tertiary/aromatic N) is 2. The molecule has 24 heavy (non-hydrogen) atoms. The molecule has 6 heteroatoms. The molecule has 6 nitrogen and oxygen atoms in total. The van der Waals surface area contributed by atoms with Gasteiger partial charge < -0.3 is 15.4 Å². The van der Waals surface area contributed by atoms with E-state index in [-0.39, 0.29) is 5.91 Å². The summed E-state index contributed by atoms with van der Waals surface area (Å²) in [7, 11) is 0. The highest BCUT2D eigenvalue weighted by molar-refractivity contribution is 5.92. The molecule has 0 saturated heterocycles. The van der Waals surface area contributed by atoms with Crippen molar-refractivity contribution in [2.45, 2.75) is 27.7 Å². The van der Waals surface area contributed by atoms with Gasteiger partial charge in [0.05, 0.1) is 6.61 Å². The molecule has 0 aliphatic rings. The highest BCUT2D eigenvalue weighted by Gasteiger charge is 2.11. The summed E-state index contributed by atoms with van der Waals surface area (Å²) in [6, 6.07) is 9.19. The zero-order valence-electron chi connectivity index (χ0n) is 14.6. The molecular weight excluding hydrogens is 304 g/mol. The zero-order chi connectivity index (χ0) is 17.5. The number of aromatic nitrogens is 2. The Bertz CT molecular complexity index is 684. The number of ether oxygens (including phenoxy) is 1. The number of amides is 1. The van der Waals surface area contributed by atoms with E-state index >= 15 is 0 Å². The van der Waals surface area contributed by atoms with Crippen LogP contribution in [0.1, 0.15) is 37.0 Å². The fourth-order valence-corrected chi connectivity index (χ4v) is 2.06. The summed E-state index contributed by atoms with van der Waals surface area (Å²) < 4.78 is 5.41. The molecule has 1 aromatic carbocycles. The first-order valence-corrected chi connectivity index (χ1v) is 8.11. The van der Waals surface area contributed by atoms with Crippen molar-refractivity contribution in [3.05, 3.63) is 41.7 Å². The zero-order valence-corrected chi connectivity index (χ0v) is 14.6. The van der Waals surface area contributed by atoms with E-state index in [0.717, 1.165) is 17.1 Å². The number of carbonyl (C=O) groups is 1. The van der Waals surface area contributed by atoms with E-state index in [2.05, 4.69) is 20.6 Å². The molecule has 0 spiro atoms. The molecule has 0 unspecified atom stereocenters. The van der Waals surface area contributed by atoms with Crippen molar-refractivity contribution in [1.82, 2.24) is 15.3 Å². The van der Waals surface area contributed by atoms with Gasteiger partial charge in [-0.05, 0) is 50.1 Å². The smallest absolute Gasteiger partial charge is 0.270 e.